The third-order valence-corrected chi connectivity index (χ3v) is 4.57. The molecule has 0 heterocycles. The van der Waals surface area contributed by atoms with Gasteiger partial charge >= 0.3 is 0 Å². The Morgan fingerprint density at radius 1 is 0.960 bits per heavy atom. The number of rotatable bonds is 5. The minimum absolute atomic E-state index is 0.240. The number of carbonyl (C=O) groups excluding carboxylic acids is 2. The minimum Gasteiger partial charge on any atom is -0.272 e. The number of nitrogens with one attached hydrogen (secondary N) is 2. The normalized spacial score (nSPS) is 10.7. The van der Waals surface area contributed by atoms with E-state index in [0.29, 0.717) is 0 Å². The third-order valence-electron chi connectivity index (χ3n) is 3.56. The van der Waals surface area contributed by atoms with Crippen LogP contribution in [0.3, 0.4) is 0 Å². The molecule has 2 amide bonds. The zero-order valence-electron chi connectivity index (χ0n) is 14.6. The van der Waals surface area contributed by atoms with Crippen molar-refractivity contribution in [2.24, 2.45) is 0 Å². The second-order valence-electron chi connectivity index (χ2n) is 5.83. The van der Waals surface area contributed by atoms with Gasteiger partial charge in [0, 0.05) is 11.0 Å². The minimum atomic E-state index is -0.367. The fraction of sp³-hybridized carbons (Fsp3) is 0.200. The maximum atomic E-state index is 11.8. The SMILES string of the molecule is Cc1ccc(SCC(=O)NNC(=O)/C=C/c2ccc(C)cc2C)cc1. The molecule has 25 heavy (non-hydrogen) atoms. The Hall–Kier alpha value is -2.53. The van der Waals surface area contributed by atoms with E-state index >= 15 is 0 Å². The molecule has 2 N–H and O–H groups in total. The molecular weight excluding hydrogens is 332 g/mol. The second kappa shape index (κ2) is 9.08. The number of hydrogen-bond acceptors (Lipinski definition) is 3. The molecule has 2 aromatic rings. The lowest BCUT2D eigenvalue weighted by Crippen LogP contribution is -2.41. The van der Waals surface area contributed by atoms with Crippen LogP contribution < -0.4 is 10.9 Å². The lowest BCUT2D eigenvalue weighted by molar-refractivity contribution is -0.125. The van der Waals surface area contributed by atoms with Crippen molar-refractivity contribution in [3.8, 4) is 0 Å². The quantitative estimate of drug-likeness (QED) is 0.490. The molecule has 0 saturated carbocycles. The van der Waals surface area contributed by atoms with Gasteiger partial charge in [0.1, 0.15) is 0 Å². The Balaban J connectivity index is 1.76. The van der Waals surface area contributed by atoms with E-state index in [1.807, 2.05) is 57.2 Å². The summed E-state index contributed by atoms with van der Waals surface area (Å²) in [6.07, 6.45) is 3.14. The van der Waals surface area contributed by atoms with Crippen LogP contribution in [-0.4, -0.2) is 17.6 Å². The summed E-state index contributed by atoms with van der Waals surface area (Å²) in [5.74, 6) is -0.378. The molecule has 0 unspecified atom stereocenters. The van der Waals surface area contributed by atoms with Crippen molar-refractivity contribution in [1.82, 2.24) is 10.9 Å². The summed E-state index contributed by atoms with van der Waals surface area (Å²) in [6, 6.07) is 14.0. The predicted octanol–water partition coefficient (Wildman–Crippen LogP) is 3.56. The highest BCUT2D eigenvalue weighted by Crippen LogP contribution is 2.17. The molecule has 0 fully saturated rings. The molecule has 4 nitrogen and oxygen atoms in total. The third kappa shape index (κ3) is 6.47. The van der Waals surface area contributed by atoms with E-state index in [-0.39, 0.29) is 17.6 Å². The van der Waals surface area contributed by atoms with Crippen LogP contribution in [0.15, 0.2) is 53.4 Å². The van der Waals surface area contributed by atoms with Crippen LogP contribution in [0.5, 0.6) is 0 Å². The van der Waals surface area contributed by atoms with E-state index in [1.54, 1.807) is 6.08 Å². The van der Waals surface area contributed by atoms with Gasteiger partial charge in [0.25, 0.3) is 5.91 Å². The van der Waals surface area contributed by atoms with Gasteiger partial charge in [-0.1, -0.05) is 41.5 Å². The molecule has 0 atom stereocenters. The largest absolute Gasteiger partial charge is 0.272 e. The highest BCUT2D eigenvalue weighted by atomic mass is 32.2. The summed E-state index contributed by atoms with van der Waals surface area (Å²) in [5, 5.41) is 0. The van der Waals surface area contributed by atoms with Crippen molar-refractivity contribution in [2.45, 2.75) is 25.7 Å². The number of benzene rings is 2. The zero-order valence-corrected chi connectivity index (χ0v) is 15.4. The maximum Gasteiger partial charge on any atom is 0.262 e. The van der Waals surface area contributed by atoms with Crippen molar-refractivity contribution >= 4 is 29.7 Å². The second-order valence-corrected chi connectivity index (χ2v) is 6.88. The smallest absolute Gasteiger partial charge is 0.262 e. The molecule has 0 spiro atoms. The molecule has 0 aliphatic heterocycles. The first-order valence-electron chi connectivity index (χ1n) is 7.97. The lowest BCUT2D eigenvalue weighted by Gasteiger charge is -2.06. The zero-order chi connectivity index (χ0) is 18.2. The molecule has 0 aliphatic rings. The maximum absolute atomic E-state index is 11.8. The summed E-state index contributed by atoms with van der Waals surface area (Å²) >= 11 is 1.42. The fourth-order valence-electron chi connectivity index (χ4n) is 2.17. The number of thioether (sulfide) groups is 1. The molecule has 0 radical (unpaired) electrons. The Morgan fingerprint density at radius 3 is 2.32 bits per heavy atom. The molecule has 0 saturated heterocycles. The van der Waals surface area contributed by atoms with Gasteiger partial charge in [-0.15, -0.1) is 11.8 Å². The standard InChI is InChI=1S/C20H22N2O2S/c1-14-5-9-18(10-6-14)25-13-20(24)22-21-19(23)11-8-17-7-4-15(2)12-16(17)3/h4-12H,13H2,1-3H3,(H,21,23)(H,22,24)/b11-8+. The topological polar surface area (TPSA) is 58.2 Å². The average Bonchev–Trinajstić information content (AvgIpc) is 2.58. The number of hydrazine groups is 1. The van der Waals surface area contributed by atoms with Gasteiger partial charge in [-0.25, -0.2) is 0 Å². The molecule has 2 aromatic carbocycles. The van der Waals surface area contributed by atoms with Gasteiger partial charge in [0.2, 0.25) is 5.91 Å². The Labute approximate surface area is 152 Å². The highest BCUT2D eigenvalue weighted by Gasteiger charge is 2.04. The molecular formula is C20H22N2O2S. The average molecular weight is 354 g/mol. The van der Waals surface area contributed by atoms with Crippen LogP contribution in [0, 0.1) is 20.8 Å². The van der Waals surface area contributed by atoms with Crippen LogP contribution >= 0.6 is 11.8 Å². The Bertz CT molecular complexity index is 783. The summed E-state index contributed by atoms with van der Waals surface area (Å²) in [5.41, 5.74) is 9.23. The van der Waals surface area contributed by atoms with Crippen LogP contribution in [0.4, 0.5) is 0 Å². The van der Waals surface area contributed by atoms with Gasteiger partial charge in [0.05, 0.1) is 5.75 Å². The summed E-state index contributed by atoms with van der Waals surface area (Å²) in [6.45, 7) is 6.04. The van der Waals surface area contributed by atoms with Crippen LogP contribution in [0.1, 0.15) is 22.3 Å². The van der Waals surface area contributed by atoms with Gasteiger partial charge in [0.15, 0.2) is 0 Å². The summed E-state index contributed by atoms with van der Waals surface area (Å²) < 4.78 is 0. The molecule has 5 heteroatoms. The number of amides is 2. The number of aryl methyl sites for hydroxylation is 3. The Morgan fingerprint density at radius 2 is 1.64 bits per heavy atom. The van der Waals surface area contributed by atoms with Crippen LogP contribution in [0.2, 0.25) is 0 Å². The first kappa shape index (κ1) is 18.8. The first-order chi connectivity index (χ1) is 11.9. The molecule has 0 aliphatic carbocycles. The van der Waals surface area contributed by atoms with Crippen molar-refractivity contribution in [3.63, 3.8) is 0 Å². The predicted molar refractivity (Wildman–Crippen MR) is 103 cm³/mol. The molecule has 2 rings (SSSR count). The fourth-order valence-corrected chi connectivity index (χ4v) is 2.87. The summed E-state index contributed by atoms with van der Waals surface area (Å²) in [4.78, 5) is 24.6. The van der Waals surface area contributed by atoms with Gasteiger partial charge in [-0.2, -0.15) is 0 Å². The van der Waals surface area contributed by atoms with E-state index in [0.717, 1.165) is 16.0 Å². The number of carbonyl (C=O) groups is 2. The van der Waals surface area contributed by atoms with Crippen molar-refractivity contribution in [2.75, 3.05) is 5.75 Å². The monoisotopic (exact) mass is 354 g/mol. The van der Waals surface area contributed by atoms with E-state index in [1.165, 1.54) is 29.0 Å². The van der Waals surface area contributed by atoms with Crippen molar-refractivity contribution < 1.29 is 9.59 Å². The van der Waals surface area contributed by atoms with E-state index < -0.39 is 0 Å². The molecule has 0 bridgehead atoms. The van der Waals surface area contributed by atoms with Gasteiger partial charge in [-0.05, 0) is 50.1 Å². The molecule has 130 valence electrons. The van der Waals surface area contributed by atoms with E-state index in [2.05, 4.69) is 16.9 Å². The van der Waals surface area contributed by atoms with Crippen molar-refractivity contribution in [3.05, 3.63) is 70.8 Å². The first-order valence-corrected chi connectivity index (χ1v) is 8.96. The lowest BCUT2D eigenvalue weighted by atomic mass is 10.1. The van der Waals surface area contributed by atoms with Crippen molar-refractivity contribution in [1.29, 1.82) is 0 Å². The molecule has 0 aromatic heterocycles. The van der Waals surface area contributed by atoms with Crippen LogP contribution in [-0.2, 0) is 9.59 Å². The Kier molecular flexibility index (Phi) is 6.83. The van der Waals surface area contributed by atoms with Crippen LogP contribution in [0.25, 0.3) is 6.08 Å². The number of hydrogen-bond donors (Lipinski definition) is 2. The van der Waals surface area contributed by atoms with E-state index in [9.17, 15) is 9.59 Å². The highest BCUT2D eigenvalue weighted by molar-refractivity contribution is 8.00. The summed E-state index contributed by atoms with van der Waals surface area (Å²) in [7, 11) is 0. The van der Waals surface area contributed by atoms with Gasteiger partial charge < -0.3 is 0 Å². The van der Waals surface area contributed by atoms with E-state index in [4.69, 9.17) is 0 Å². The van der Waals surface area contributed by atoms with Gasteiger partial charge in [-0.3, -0.25) is 20.4 Å².